The summed E-state index contributed by atoms with van der Waals surface area (Å²) in [4.78, 5) is 45.2. The van der Waals surface area contributed by atoms with Crippen molar-refractivity contribution < 1.29 is 14.7 Å². The molecule has 8 heteroatoms. The first-order chi connectivity index (χ1) is 17.0. The first-order valence-corrected chi connectivity index (χ1v) is 12.5. The second-order valence-electron chi connectivity index (χ2n) is 8.60. The maximum Gasteiger partial charge on any atom is 0.326 e. The number of benzene rings is 3. The topological polar surface area (TPSA) is 92.5 Å². The second-order valence-corrected chi connectivity index (χ2v) is 9.67. The number of hydrogen-bond acceptors (Lipinski definition) is 5. The van der Waals surface area contributed by atoms with Crippen LogP contribution in [0.3, 0.4) is 0 Å². The zero-order valence-electron chi connectivity index (χ0n) is 19.3. The Kier molecular flexibility index (Phi) is 6.30. The van der Waals surface area contributed by atoms with E-state index in [4.69, 9.17) is 4.98 Å². The van der Waals surface area contributed by atoms with Crippen LogP contribution in [0.1, 0.15) is 30.6 Å². The van der Waals surface area contributed by atoms with E-state index in [1.165, 1.54) is 16.7 Å². The van der Waals surface area contributed by atoms with E-state index in [2.05, 4.69) is 0 Å². The molecule has 1 N–H and O–H groups in total. The van der Waals surface area contributed by atoms with E-state index < -0.39 is 17.3 Å². The van der Waals surface area contributed by atoms with Gasteiger partial charge in [0.15, 0.2) is 5.16 Å². The molecule has 1 amide bonds. The predicted octanol–water partition coefficient (Wildman–Crippen LogP) is 4.48. The van der Waals surface area contributed by atoms with Crippen molar-refractivity contribution >= 4 is 45.3 Å². The summed E-state index contributed by atoms with van der Waals surface area (Å²) in [6.45, 7) is 2.67. The molecule has 4 aromatic rings. The Labute approximate surface area is 206 Å². The number of carboxylic acid groups (broad SMARTS) is 1. The summed E-state index contributed by atoms with van der Waals surface area (Å²) in [5, 5.41) is 11.8. The average Bonchev–Trinajstić information content (AvgIpc) is 3.37. The summed E-state index contributed by atoms with van der Waals surface area (Å²) >= 11 is 1.20. The van der Waals surface area contributed by atoms with Gasteiger partial charge in [-0.25, -0.2) is 9.78 Å². The molecule has 178 valence electrons. The van der Waals surface area contributed by atoms with E-state index in [0.717, 1.165) is 16.3 Å². The van der Waals surface area contributed by atoms with Gasteiger partial charge in [-0.15, -0.1) is 0 Å². The Morgan fingerprint density at radius 2 is 1.77 bits per heavy atom. The molecule has 3 aromatic carbocycles. The van der Waals surface area contributed by atoms with Crippen molar-refractivity contribution in [1.29, 1.82) is 0 Å². The number of nitrogens with zero attached hydrogens (tertiary/aromatic N) is 3. The van der Waals surface area contributed by atoms with Crippen molar-refractivity contribution in [2.24, 2.45) is 0 Å². The molecular weight excluding hydrogens is 462 g/mol. The maximum absolute atomic E-state index is 13.7. The zero-order chi connectivity index (χ0) is 24.5. The van der Waals surface area contributed by atoms with Gasteiger partial charge in [-0.2, -0.15) is 0 Å². The molecule has 1 aromatic heterocycles. The molecule has 1 aliphatic rings. The van der Waals surface area contributed by atoms with Crippen LogP contribution >= 0.6 is 11.8 Å². The standard InChI is InChI=1S/C27H25N3O4S/c1-2-29-24(31)20-15-18-11-6-7-12-19(18)16-21(20)28-27(29)35-23(17-9-4-3-5-10-17)25(32)30-14-8-13-22(30)26(33)34/h3-7,9-12,15-16,22-23H,2,8,13-14H2,1H3,(H,33,34)/t22-,23+/m1/s1. The van der Waals surface area contributed by atoms with Gasteiger partial charge in [-0.05, 0) is 48.2 Å². The highest BCUT2D eigenvalue weighted by Gasteiger charge is 2.38. The van der Waals surface area contributed by atoms with Crippen LogP contribution in [0.2, 0.25) is 0 Å². The van der Waals surface area contributed by atoms with Crippen LogP contribution in [0.15, 0.2) is 76.7 Å². The quantitative estimate of drug-likeness (QED) is 0.245. The third-order valence-corrected chi connectivity index (χ3v) is 7.71. The van der Waals surface area contributed by atoms with E-state index in [1.807, 2.05) is 73.7 Å². The average molecular weight is 488 g/mol. The number of fused-ring (bicyclic) bond motifs is 2. The molecule has 0 spiro atoms. The van der Waals surface area contributed by atoms with Crippen molar-refractivity contribution in [2.45, 2.75) is 42.8 Å². The number of thioether (sulfide) groups is 1. The highest BCUT2D eigenvalue weighted by atomic mass is 32.2. The first kappa shape index (κ1) is 23.1. The lowest BCUT2D eigenvalue weighted by Gasteiger charge is -2.27. The van der Waals surface area contributed by atoms with Gasteiger partial charge in [0.1, 0.15) is 11.3 Å². The fourth-order valence-electron chi connectivity index (χ4n) is 4.69. The normalized spacial score (nSPS) is 16.6. The highest BCUT2D eigenvalue weighted by Crippen LogP contribution is 2.38. The lowest BCUT2D eigenvalue weighted by atomic mass is 10.1. The Balaban J connectivity index is 1.62. The molecule has 0 saturated carbocycles. The Hall–Kier alpha value is -3.65. The minimum Gasteiger partial charge on any atom is -0.480 e. The molecule has 0 unspecified atom stereocenters. The van der Waals surface area contributed by atoms with Gasteiger partial charge in [0.2, 0.25) is 5.91 Å². The van der Waals surface area contributed by atoms with Gasteiger partial charge < -0.3 is 10.0 Å². The summed E-state index contributed by atoms with van der Waals surface area (Å²) in [7, 11) is 0. The number of likely N-dealkylation sites (tertiary alicyclic amines) is 1. The number of carbonyl (C=O) groups is 2. The van der Waals surface area contributed by atoms with Gasteiger partial charge in [-0.1, -0.05) is 66.4 Å². The number of carbonyl (C=O) groups excluding carboxylic acids is 1. The number of hydrogen-bond donors (Lipinski definition) is 1. The monoisotopic (exact) mass is 487 g/mol. The maximum atomic E-state index is 13.7. The molecule has 1 saturated heterocycles. The fourth-order valence-corrected chi connectivity index (χ4v) is 5.92. The molecule has 1 aliphatic heterocycles. The Morgan fingerprint density at radius 1 is 1.09 bits per heavy atom. The number of rotatable bonds is 6. The molecule has 0 aliphatic carbocycles. The molecule has 5 rings (SSSR count). The minimum atomic E-state index is -0.992. The van der Waals surface area contributed by atoms with E-state index >= 15 is 0 Å². The zero-order valence-corrected chi connectivity index (χ0v) is 20.1. The minimum absolute atomic E-state index is 0.158. The molecular formula is C27H25N3O4S. The van der Waals surface area contributed by atoms with E-state index in [9.17, 15) is 19.5 Å². The summed E-state index contributed by atoms with van der Waals surface area (Å²) in [5.74, 6) is -1.27. The lowest BCUT2D eigenvalue weighted by molar-refractivity contribution is -0.148. The molecule has 1 fully saturated rings. The third kappa shape index (κ3) is 4.30. The van der Waals surface area contributed by atoms with Crippen LogP contribution in [0, 0.1) is 0 Å². The van der Waals surface area contributed by atoms with Crippen molar-refractivity contribution in [3.8, 4) is 0 Å². The largest absolute Gasteiger partial charge is 0.480 e. The van der Waals surface area contributed by atoms with Gasteiger partial charge in [-0.3, -0.25) is 14.2 Å². The van der Waals surface area contributed by atoms with Gasteiger partial charge >= 0.3 is 5.97 Å². The number of carboxylic acids is 1. The Bertz CT molecular complexity index is 1480. The number of aromatic nitrogens is 2. The lowest BCUT2D eigenvalue weighted by Crippen LogP contribution is -2.42. The van der Waals surface area contributed by atoms with Crippen LogP contribution in [-0.2, 0) is 16.1 Å². The number of amides is 1. The molecule has 2 heterocycles. The molecule has 2 atom stereocenters. The van der Waals surface area contributed by atoms with Crippen LogP contribution in [0.4, 0.5) is 0 Å². The molecule has 35 heavy (non-hydrogen) atoms. The summed E-state index contributed by atoms with van der Waals surface area (Å²) < 4.78 is 1.59. The Morgan fingerprint density at radius 3 is 2.46 bits per heavy atom. The summed E-state index contributed by atoms with van der Waals surface area (Å²) in [5.41, 5.74) is 1.16. The van der Waals surface area contributed by atoms with E-state index in [-0.39, 0.29) is 11.5 Å². The molecule has 7 nitrogen and oxygen atoms in total. The van der Waals surface area contributed by atoms with Gasteiger partial charge in [0.25, 0.3) is 5.56 Å². The molecule has 0 bridgehead atoms. The second kappa shape index (κ2) is 9.54. The fraction of sp³-hybridized carbons (Fsp3) is 0.259. The molecule has 0 radical (unpaired) electrons. The van der Waals surface area contributed by atoms with Crippen LogP contribution < -0.4 is 5.56 Å². The predicted molar refractivity (Wildman–Crippen MR) is 137 cm³/mol. The van der Waals surface area contributed by atoms with E-state index in [0.29, 0.717) is 42.0 Å². The van der Waals surface area contributed by atoms with Crippen molar-refractivity contribution in [3.05, 3.63) is 82.6 Å². The summed E-state index contributed by atoms with van der Waals surface area (Å²) in [6, 6.07) is 20.0. The third-order valence-electron chi connectivity index (χ3n) is 6.47. The summed E-state index contributed by atoms with van der Waals surface area (Å²) in [6.07, 6.45) is 1.09. The highest BCUT2D eigenvalue weighted by molar-refractivity contribution is 8.00. The van der Waals surface area contributed by atoms with Crippen LogP contribution in [0.25, 0.3) is 21.7 Å². The van der Waals surface area contributed by atoms with Crippen LogP contribution in [0.5, 0.6) is 0 Å². The number of aliphatic carboxylic acids is 1. The van der Waals surface area contributed by atoms with Gasteiger partial charge in [0.05, 0.1) is 10.9 Å². The van der Waals surface area contributed by atoms with Crippen molar-refractivity contribution in [3.63, 3.8) is 0 Å². The van der Waals surface area contributed by atoms with Gasteiger partial charge in [0, 0.05) is 13.1 Å². The first-order valence-electron chi connectivity index (χ1n) is 11.7. The SMILES string of the molecule is CCn1c(S[C@H](C(=O)N2CCC[C@@H]2C(=O)O)c2ccccc2)nc2cc3ccccc3cc2c1=O. The van der Waals surface area contributed by atoms with Crippen molar-refractivity contribution in [1.82, 2.24) is 14.5 Å². The van der Waals surface area contributed by atoms with E-state index in [1.54, 1.807) is 4.57 Å². The van der Waals surface area contributed by atoms with Crippen LogP contribution in [-0.4, -0.2) is 44.0 Å². The smallest absolute Gasteiger partial charge is 0.326 e. The van der Waals surface area contributed by atoms with Crippen molar-refractivity contribution in [2.75, 3.05) is 6.54 Å².